The average molecular weight is 469 g/mol. The first kappa shape index (κ1) is 30.6. The van der Waals surface area contributed by atoms with Gasteiger partial charge in [0.2, 0.25) is 0 Å². The van der Waals surface area contributed by atoms with Crippen LogP contribution in [0.4, 0.5) is 0 Å². The molecule has 0 heterocycles. The molecule has 5 nitrogen and oxygen atoms in total. The van der Waals surface area contributed by atoms with Gasteiger partial charge in [0, 0.05) is 11.1 Å². The van der Waals surface area contributed by atoms with Gasteiger partial charge in [0.1, 0.15) is 11.4 Å². The van der Waals surface area contributed by atoms with E-state index in [1.165, 1.54) is 18.9 Å². The van der Waals surface area contributed by atoms with Crippen LogP contribution in [0.15, 0.2) is 18.2 Å². The van der Waals surface area contributed by atoms with Crippen molar-refractivity contribution in [1.82, 2.24) is 0 Å². The van der Waals surface area contributed by atoms with E-state index in [9.17, 15) is 19.4 Å². The van der Waals surface area contributed by atoms with E-state index in [1.807, 2.05) is 32.9 Å². The summed E-state index contributed by atoms with van der Waals surface area (Å²) in [6.07, 6.45) is 6.11. The van der Waals surface area contributed by atoms with Gasteiger partial charge in [-0.05, 0) is 47.5 Å². The third kappa shape index (κ3) is 8.84. The maximum Gasteiger partial charge on any atom is 0.317 e. The van der Waals surface area contributed by atoms with Gasteiger partial charge in [-0.15, -0.1) is 0 Å². The highest BCUT2D eigenvalue weighted by molar-refractivity contribution is 7.32. The summed E-state index contributed by atoms with van der Waals surface area (Å²) in [5.74, 6) is -0.248. The van der Waals surface area contributed by atoms with Crippen molar-refractivity contribution in [3.8, 4) is 5.75 Å². The highest BCUT2D eigenvalue weighted by atomic mass is 31.1. The predicted molar refractivity (Wildman–Crippen MR) is 136 cm³/mol. The number of hydrogen-bond donors (Lipinski definition) is 2. The molecule has 2 N–H and O–H groups in total. The third-order valence-electron chi connectivity index (χ3n) is 5.60. The highest BCUT2D eigenvalue weighted by Crippen LogP contribution is 2.39. The second-order valence-electron chi connectivity index (χ2n) is 10.2. The van der Waals surface area contributed by atoms with Gasteiger partial charge in [0.05, 0.1) is 0 Å². The Morgan fingerprint density at radius 1 is 0.969 bits per heavy atom. The molecule has 0 amide bonds. The van der Waals surface area contributed by atoms with Gasteiger partial charge in [0.25, 0.3) is 0 Å². The van der Waals surface area contributed by atoms with Crippen LogP contribution in [0.5, 0.6) is 5.75 Å². The summed E-state index contributed by atoms with van der Waals surface area (Å²) in [7, 11) is -3.26. The SMILES string of the molecule is CCC(CC)(O[PH](=O)O)C(=O)/C=C/c1cc(C(C)(C)C)cc(C(C)(C)C)c1O.CCCC. The Morgan fingerprint density at radius 2 is 1.47 bits per heavy atom. The lowest BCUT2D eigenvalue weighted by Crippen LogP contribution is -2.37. The lowest BCUT2D eigenvalue weighted by Gasteiger charge is -2.28. The van der Waals surface area contributed by atoms with Gasteiger partial charge < -0.3 is 10.00 Å². The number of rotatable bonds is 8. The van der Waals surface area contributed by atoms with Gasteiger partial charge in [-0.3, -0.25) is 13.9 Å². The van der Waals surface area contributed by atoms with Crippen molar-refractivity contribution in [2.45, 2.75) is 111 Å². The summed E-state index contributed by atoms with van der Waals surface area (Å²) >= 11 is 0. The molecule has 32 heavy (non-hydrogen) atoms. The summed E-state index contributed by atoms with van der Waals surface area (Å²) in [6.45, 7) is 20.2. The van der Waals surface area contributed by atoms with E-state index in [2.05, 4.69) is 34.6 Å². The van der Waals surface area contributed by atoms with Gasteiger partial charge in [-0.1, -0.05) is 88.1 Å². The Labute approximate surface area is 196 Å². The van der Waals surface area contributed by atoms with Crippen LogP contribution in [-0.2, 0) is 24.7 Å². The van der Waals surface area contributed by atoms with E-state index in [1.54, 1.807) is 19.9 Å². The molecule has 0 saturated carbocycles. The third-order valence-corrected chi connectivity index (χ3v) is 6.17. The van der Waals surface area contributed by atoms with Crippen molar-refractivity contribution in [1.29, 1.82) is 0 Å². The fourth-order valence-corrected chi connectivity index (χ4v) is 3.79. The molecule has 1 aromatic rings. The van der Waals surface area contributed by atoms with E-state index in [4.69, 9.17) is 4.52 Å². The van der Waals surface area contributed by atoms with Crippen LogP contribution < -0.4 is 0 Å². The van der Waals surface area contributed by atoms with Crippen LogP contribution >= 0.6 is 8.25 Å². The van der Waals surface area contributed by atoms with Crippen LogP contribution in [0.2, 0.25) is 0 Å². The highest BCUT2D eigenvalue weighted by Gasteiger charge is 2.36. The number of benzene rings is 1. The predicted octanol–water partition coefficient (Wildman–Crippen LogP) is 7.33. The smallest absolute Gasteiger partial charge is 0.317 e. The molecule has 0 radical (unpaired) electrons. The van der Waals surface area contributed by atoms with Crippen molar-refractivity contribution in [3.63, 3.8) is 0 Å². The Kier molecular flexibility index (Phi) is 12.2. The molecule has 0 aromatic heterocycles. The number of phenols is 1. The summed E-state index contributed by atoms with van der Waals surface area (Å²) in [5, 5.41) is 10.8. The van der Waals surface area contributed by atoms with Crippen molar-refractivity contribution in [3.05, 3.63) is 34.9 Å². The van der Waals surface area contributed by atoms with Crippen molar-refractivity contribution in [2.24, 2.45) is 0 Å². The second-order valence-corrected chi connectivity index (χ2v) is 11.0. The average Bonchev–Trinajstić information content (AvgIpc) is 2.69. The normalized spacial score (nSPS) is 13.6. The lowest BCUT2D eigenvalue weighted by atomic mass is 9.79. The zero-order valence-electron chi connectivity index (χ0n) is 21.8. The minimum absolute atomic E-state index is 0.128. The minimum Gasteiger partial charge on any atom is -0.507 e. The van der Waals surface area contributed by atoms with Gasteiger partial charge in [-0.25, -0.2) is 0 Å². The largest absolute Gasteiger partial charge is 0.507 e. The summed E-state index contributed by atoms with van der Waals surface area (Å²) in [6, 6.07) is 3.89. The number of ketones is 1. The molecule has 0 bridgehead atoms. The molecule has 0 saturated heterocycles. The molecule has 6 heteroatoms. The number of carbonyl (C=O) groups excluding carboxylic acids is 1. The first-order chi connectivity index (χ1) is 14.6. The van der Waals surface area contributed by atoms with Crippen LogP contribution in [0, 0.1) is 0 Å². The molecule has 0 aliphatic rings. The zero-order chi connectivity index (χ0) is 25.3. The van der Waals surface area contributed by atoms with Crippen molar-refractivity contribution in [2.75, 3.05) is 0 Å². The van der Waals surface area contributed by atoms with E-state index in [0.717, 1.165) is 11.1 Å². The maximum atomic E-state index is 12.8. The minimum atomic E-state index is -3.26. The molecule has 1 aromatic carbocycles. The number of hydrogen-bond acceptors (Lipinski definition) is 4. The topological polar surface area (TPSA) is 83.8 Å². The molecule has 1 rings (SSSR count). The van der Waals surface area contributed by atoms with Crippen LogP contribution in [0.25, 0.3) is 6.08 Å². The first-order valence-electron chi connectivity index (χ1n) is 11.6. The number of aromatic hydroxyl groups is 1. The quantitative estimate of drug-likeness (QED) is 0.308. The van der Waals surface area contributed by atoms with Crippen LogP contribution in [0.1, 0.15) is 112 Å². The molecule has 1 atom stereocenters. The molecule has 0 aliphatic heterocycles. The molecule has 184 valence electrons. The lowest BCUT2D eigenvalue weighted by molar-refractivity contribution is -0.130. The standard InChI is InChI=1S/C22H35O5P.C4H10/c1-9-22(10-2,27-28(25)26)18(23)12-11-15-13-16(20(3,4)5)14-17(19(15)24)21(6,7)8;1-3-4-2/h11-14,24,28H,9-10H2,1-8H3,(H,25,26);3-4H2,1-2H3/b12-11+;. The fraction of sp³-hybridized carbons (Fsp3) is 0.654. The van der Waals surface area contributed by atoms with Crippen molar-refractivity contribution < 1.29 is 23.9 Å². The Bertz CT molecular complexity index is 792. The molecule has 0 fully saturated rings. The Balaban J connectivity index is 0.00000220. The molecule has 1 unspecified atom stereocenters. The molecular formula is C26H45O5P. The van der Waals surface area contributed by atoms with E-state index >= 15 is 0 Å². The van der Waals surface area contributed by atoms with Gasteiger partial charge >= 0.3 is 8.25 Å². The summed E-state index contributed by atoms with van der Waals surface area (Å²) in [5.41, 5.74) is 0.678. The molecular weight excluding hydrogens is 423 g/mol. The van der Waals surface area contributed by atoms with E-state index in [0.29, 0.717) is 5.56 Å². The summed E-state index contributed by atoms with van der Waals surface area (Å²) in [4.78, 5) is 22.0. The molecule has 0 spiro atoms. The molecule has 0 aliphatic carbocycles. The van der Waals surface area contributed by atoms with Crippen molar-refractivity contribution >= 4 is 20.1 Å². The van der Waals surface area contributed by atoms with E-state index < -0.39 is 13.9 Å². The number of phenolic OH excluding ortho intramolecular Hbond substituents is 1. The van der Waals surface area contributed by atoms with Gasteiger partial charge in [-0.2, -0.15) is 0 Å². The second kappa shape index (κ2) is 12.7. The maximum absolute atomic E-state index is 12.8. The summed E-state index contributed by atoms with van der Waals surface area (Å²) < 4.78 is 16.3. The fourth-order valence-electron chi connectivity index (χ4n) is 3.07. The van der Waals surface area contributed by atoms with Crippen LogP contribution in [0.3, 0.4) is 0 Å². The van der Waals surface area contributed by atoms with Gasteiger partial charge in [0.15, 0.2) is 5.78 Å². The number of unbranched alkanes of at least 4 members (excludes halogenated alkanes) is 1. The zero-order valence-corrected chi connectivity index (χ0v) is 22.8. The Hall–Kier alpha value is -1.42. The monoisotopic (exact) mass is 468 g/mol. The first-order valence-corrected chi connectivity index (χ1v) is 12.9. The van der Waals surface area contributed by atoms with Crippen LogP contribution in [-0.4, -0.2) is 21.4 Å². The Morgan fingerprint density at radius 3 is 1.81 bits per heavy atom. The van der Waals surface area contributed by atoms with E-state index in [-0.39, 0.29) is 35.2 Å². The number of carbonyl (C=O) groups is 1.